The molecule has 2 heterocycles. The van der Waals surface area contributed by atoms with E-state index in [2.05, 4.69) is 22.2 Å². The average Bonchev–Trinajstić information content (AvgIpc) is 2.53. The third-order valence-electron chi connectivity index (χ3n) is 5.27. The number of benzene rings is 1. The standard InChI is InChI=1S/C20H32N4O3/c1-20(2,3)27-19(25)22-18-11-15(5-6-17(18)21)24-9-7-14(8-10-24)23(4)16-12-26-13-16/h5-6,11,14,16H,7-10,12-13,21H2,1-4H3,(H,22,25). The van der Waals surface area contributed by atoms with E-state index in [4.69, 9.17) is 15.2 Å². The van der Waals surface area contributed by atoms with Crippen molar-refractivity contribution in [2.45, 2.75) is 51.3 Å². The van der Waals surface area contributed by atoms with Gasteiger partial charge in [0.05, 0.1) is 30.6 Å². The molecule has 1 aromatic rings. The van der Waals surface area contributed by atoms with Crippen LogP contribution in [0, 0.1) is 0 Å². The highest BCUT2D eigenvalue weighted by atomic mass is 16.6. The zero-order valence-corrected chi connectivity index (χ0v) is 16.8. The third-order valence-corrected chi connectivity index (χ3v) is 5.27. The molecule has 0 aromatic heterocycles. The van der Waals surface area contributed by atoms with E-state index in [-0.39, 0.29) is 0 Å². The lowest BCUT2D eigenvalue weighted by atomic mass is 10.0. The number of nitrogens with two attached hydrogens (primary N) is 1. The fourth-order valence-electron chi connectivity index (χ4n) is 3.55. The first kappa shape index (κ1) is 19.8. The van der Waals surface area contributed by atoms with E-state index in [9.17, 15) is 4.79 Å². The summed E-state index contributed by atoms with van der Waals surface area (Å²) >= 11 is 0. The molecule has 0 aliphatic carbocycles. The van der Waals surface area contributed by atoms with Crippen molar-refractivity contribution in [3.63, 3.8) is 0 Å². The van der Waals surface area contributed by atoms with Gasteiger partial charge in [-0.15, -0.1) is 0 Å². The number of carbonyl (C=O) groups is 1. The lowest BCUT2D eigenvalue weighted by molar-refractivity contribution is -0.0718. The van der Waals surface area contributed by atoms with Crippen LogP contribution in [0.25, 0.3) is 0 Å². The number of carbonyl (C=O) groups excluding carboxylic acids is 1. The highest BCUT2D eigenvalue weighted by molar-refractivity contribution is 5.90. The molecule has 1 aromatic carbocycles. The first-order chi connectivity index (χ1) is 12.7. The van der Waals surface area contributed by atoms with Gasteiger partial charge in [-0.25, -0.2) is 4.79 Å². The summed E-state index contributed by atoms with van der Waals surface area (Å²) in [6, 6.07) is 6.96. The minimum absolute atomic E-state index is 0.491. The van der Waals surface area contributed by atoms with Crippen LogP contribution in [-0.2, 0) is 9.47 Å². The fraction of sp³-hybridized carbons (Fsp3) is 0.650. The molecule has 0 radical (unpaired) electrons. The highest BCUT2D eigenvalue weighted by Crippen LogP contribution is 2.29. The minimum atomic E-state index is -0.546. The monoisotopic (exact) mass is 376 g/mol. The van der Waals surface area contributed by atoms with Crippen molar-refractivity contribution in [2.75, 3.05) is 49.3 Å². The SMILES string of the molecule is CN(C1CCN(c2ccc(N)c(NC(=O)OC(C)(C)C)c2)CC1)C1COC1. The van der Waals surface area contributed by atoms with E-state index in [0.29, 0.717) is 23.5 Å². The zero-order chi connectivity index (χ0) is 19.6. The van der Waals surface area contributed by atoms with E-state index in [1.807, 2.05) is 39.0 Å². The molecular weight excluding hydrogens is 344 g/mol. The molecule has 0 saturated carbocycles. The van der Waals surface area contributed by atoms with Crippen LogP contribution in [0.4, 0.5) is 21.9 Å². The van der Waals surface area contributed by atoms with Gasteiger partial charge in [-0.2, -0.15) is 0 Å². The second kappa shape index (κ2) is 7.94. The normalized spacial score (nSPS) is 19.1. The first-order valence-electron chi connectivity index (χ1n) is 9.67. The van der Waals surface area contributed by atoms with Crippen molar-refractivity contribution < 1.29 is 14.3 Å². The van der Waals surface area contributed by atoms with E-state index in [0.717, 1.165) is 44.8 Å². The summed E-state index contributed by atoms with van der Waals surface area (Å²) in [6.45, 7) is 9.19. The van der Waals surface area contributed by atoms with Crippen molar-refractivity contribution in [3.05, 3.63) is 18.2 Å². The molecule has 1 amide bonds. The number of amides is 1. The van der Waals surface area contributed by atoms with Gasteiger partial charge in [0.15, 0.2) is 0 Å². The van der Waals surface area contributed by atoms with Gasteiger partial charge in [-0.1, -0.05) is 0 Å². The molecule has 2 saturated heterocycles. The van der Waals surface area contributed by atoms with Crippen LogP contribution in [0.2, 0.25) is 0 Å². The molecule has 150 valence electrons. The Morgan fingerprint density at radius 1 is 1.26 bits per heavy atom. The van der Waals surface area contributed by atoms with E-state index >= 15 is 0 Å². The molecule has 0 spiro atoms. The Labute approximate surface area is 161 Å². The summed E-state index contributed by atoms with van der Waals surface area (Å²) < 4.78 is 10.6. The molecule has 7 heteroatoms. The number of hydrogen-bond acceptors (Lipinski definition) is 6. The van der Waals surface area contributed by atoms with E-state index in [1.165, 1.54) is 0 Å². The quantitative estimate of drug-likeness (QED) is 0.787. The van der Waals surface area contributed by atoms with Gasteiger partial charge in [-0.05, 0) is 58.9 Å². The number of rotatable bonds is 4. The maximum atomic E-state index is 12.1. The molecule has 2 aliphatic heterocycles. The van der Waals surface area contributed by atoms with Crippen LogP contribution >= 0.6 is 0 Å². The number of anilines is 3. The Morgan fingerprint density at radius 3 is 2.48 bits per heavy atom. The maximum Gasteiger partial charge on any atom is 0.412 e. The van der Waals surface area contributed by atoms with Crippen LogP contribution in [0.15, 0.2) is 18.2 Å². The van der Waals surface area contributed by atoms with Crippen LogP contribution in [0.3, 0.4) is 0 Å². The third kappa shape index (κ3) is 5.05. The molecule has 3 N–H and O–H groups in total. The summed E-state index contributed by atoms with van der Waals surface area (Å²) in [7, 11) is 2.21. The predicted octanol–water partition coefficient (Wildman–Crippen LogP) is 2.92. The van der Waals surface area contributed by atoms with Crippen LogP contribution in [-0.4, -0.2) is 62.0 Å². The van der Waals surface area contributed by atoms with Crippen LogP contribution in [0.5, 0.6) is 0 Å². The van der Waals surface area contributed by atoms with Gasteiger partial charge in [0.1, 0.15) is 5.60 Å². The van der Waals surface area contributed by atoms with Crippen molar-refractivity contribution >= 4 is 23.2 Å². The maximum absolute atomic E-state index is 12.1. The number of nitrogens with zero attached hydrogens (tertiary/aromatic N) is 2. The largest absolute Gasteiger partial charge is 0.444 e. The number of hydrogen-bond donors (Lipinski definition) is 2. The van der Waals surface area contributed by atoms with Crippen molar-refractivity contribution in [2.24, 2.45) is 0 Å². The number of nitrogens with one attached hydrogen (secondary N) is 1. The van der Waals surface area contributed by atoms with Gasteiger partial charge in [0.2, 0.25) is 0 Å². The summed E-state index contributed by atoms with van der Waals surface area (Å²) in [4.78, 5) is 16.9. The second-order valence-electron chi connectivity index (χ2n) is 8.47. The van der Waals surface area contributed by atoms with Gasteiger partial charge < -0.3 is 20.1 Å². The molecule has 7 nitrogen and oxygen atoms in total. The van der Waals surface area contributed by atoms with Gasteiger partial charge in [0, 0.05) is 24.8 Å². The summed E-state index contributed by atoms with van der Waals surface area (Å²) in [5.74, 6) is 0. The van der Waals surface area contributed by atoms with E-state index in [1.54, 1.807) is 0 Å². The Bertz CT molecular complexity index is 662. The van der Waals surface area contributed by atoms with Gasteiger partial charge in [-0.3, -0.25) is 10.2 Å². The Balaban J connectivity index is 1.60. The van der Waals surface area contributed by atoms with Crippen LogP contribution < -0.4 is 16.0 Å². The Hall–Kier alpha value is -1.99. The van der Waals surface area contributed by atoms with Gasteiger partial charge in [0.25, 0.3) is 0 Å². The Morgan fingerprint density at radius 2 is 1.93 bits per heavy atom. The molecular formula is C20H32N4O3. The Kier molecular flexibility index (Phi) is 5.81. The molecule has 2 fully saturated rings. The average molecular weight is 377 g/mol. The van der Waals surface area contributed by atoms with Crippen molar-refractivity contribution in [1.29, 1.82) is 0 Å². The predicted molar refractivity (Wildman–Crippen MR) is 108 cm³/mol. The zero-order valence-electron chi connectivity index (χ0n) is 16.8. The fourth-order valence-corrected chi connectivity index (χ4v) is 3.55. The smallest absolute Gasteiger partial charge is 0.412 e. The van der Waals surface area contributed by atoms with E-state index < -0.39 is 11.7 Å². The summed E-state index contributed by atoms with van der Waals surface area (Å²) in [5.41, 5.74) is 7.69. The minimum Gasteiger partial charge on any atom is -0.444 e. The number of nitrogen functional groups attached to an aromatic ring is 1. The molecule has 3 rings (SSSR count). The van der Waals surface area contributed by atoms with Crippen molar-refractivity contribution in [3.8, 4) is 0 Å². The second-order valence-corrected chi connectivity index (χ2v) is 8.47. The van der Waals surface area contributed by atoms with Gasteiger partial charge >= 0.3 is 6.09 Å². The number of likely N-dealkylation sites (N-methyl/N-ethyl adjacent to an activating group) is 1. The van der Waals surface area contributed by atoms with Crippen molar-refractivity contribution in [1.82, 2.24) is 4.90 Å². The summed E-state index contributed by atoms with van der Waals surface area (Å²) in [6.07, 6.45) is 1.74. The lowest BCUT2D eigenvalue weighted by Crippen LogP contribution is -2.54. The highest BCUT2D eigenvalue weighted by Gasteiger charge is 2.31. The van der Waals surface area contributed by atoms with Crippen LogP contribution in [0.1, 0.15) is 33.6 Å². The molecule has 27 heavy (non-hydrogen) atoms. The molecule has 0 atom stereocenters. The molecule has 0 unspecified atom stereocenters. The lowest BCUT2D eigenvalue weighted by Gasteiger charge is -2.43. The number of ether oxygens (including phenoxy) is 2. The molecule has 0 bridgehead atoms. The first-order valence-corrected chi connectivity index (χ1v) is 9.67. The topological polar surface area (TPSA) is 80.1 Å². The summed E-state index contributed by atoms with van der Waals surface area (Å²) in [5, 5.41) is 2.77. The number of piperidine rings is 1. The molecule has 2 aliphatic rings.